The van der Waals surface area contributed by atoms with Gasteiger partial charge in [-0.3, -0.25) is 9.67 Å². The van der Waals surface area contributed by atoms with E-state index < -0.39 is 0 Å². The monoisotopic (exact) mass is 431 g/mol. The lowest BCUT2D eigenvalue weighted by Gasteiger charge is -2.05. The van der Waals surface area contributed by atoms with Gasteiger partial charge >= 0.3 is 0 Å². The molecule has 2 N–H and O–H groups in total. The van der Waals surface area contributed by atoms with Crippen LogP contribution in [0.4, 0.5) is 10.1 Å². The summed E-state index contributed by atoms with van der Waals surface area (Å²) in [6, 6.07) is 10.5. The maximum absolute atomic E-state index is 13.4. The lowest BCUT2D eigenvalue weighted by molar-refractivity contribution is 0.539. The molecule has 8 nitrogen and oxygen atoms in total. The van der Waals surface area contributed by atoms with Crippen molar-refractivity contribution >= 4 is 16.6 Å². The van der Waals surface area contributed by atoms with Gasteiger partial charge in [0.1, 0.15) is 17.8 Å². The molecule has 0 aliphatic heterocycles. The minimum absolute atomic E-state index is 0.272. The number of H-pyrrole nitrogens is 1. The zero-order chi connectivity index (χ0) is 21.8. The van der Waals surface area contributed by atoms with Crippen molar-refractivity contribution in [1.82, 2.24) is 29.9 Å². The fourth-order valence-electron chi connectivity index (χ4n) is 3.53. The number of aromatic nitrogens is 6. The van der Waals surface area contributed by atoms with Gasteiger partial charge in [0.2, 0.25) is 5.89 Å². The first kappa shape index (κ1) is 19.9. The molecule has 0 aliphatic carbocycles. The van der Waals surface area contributed by atoms with Gasteiger partial charge in [-0.05, 0) is 55.7 Å². The molecule has 1 aromatic carbocycles. The number of aryl methyl sites for hydroxylation is 2. The van der Waals surface area contributed by atoms with Crippen molar-refractivity contribution in [3.05, 3.63) is 78.5 Å². The van der Waals surface area contributed by atoms with Crippen molar-refractivity contribution in [2.75, 3.05) is 5.32 Å². The summed E-state index contributed by atoms with van der Waals surface area (Å²) in [5.74, 6) is 0.199. The van der Waals surface area contributed by atoms with E-state index in [2.05, 4.69) is 30.6 Å². The van der Waals surface area contributed by atoms with Crippen LogP contribution in [0, 0.1) is 5.82 Å². The number of hydrogen-bond acceptors (Lipinski definition) is 6. The first-order valence-corrected chi connectivity index (χ1v) is 10.5. The van der Waals surface area contributed by atoms with Crippen LogP contribution >= 0.6 is 0 Å². The van der Waals surface area contributed by atoms with Crippen LogP contribution in [0.1, 0.15) is 24.2 Å². The second-order valence-electron chi connectivity index (χ2n) is 7.57. The molecule has 5 rings (SSSR count). The Morgan fingerprint density at radius 2 is 2.06 bits per heavy atom. The lowest BCUT2D eigenvalue weighted by atomic mass is 10.2. The van der Waals surface area contributed by atoms with Gasteiger partial charge in [0.05, 0.1) is 30.3 Å². The van der Waals surface area contributed by atoms with Crippen LogP contribution in [0.3, 0.4) is 0 Å². The number of nitrogens with zero attached hydrogens (tertiary/aromatic N) is 5. The molecule has 0 unspecified atom stereocenters. The molecule has 0 radical (unpaired) electrons. The molecule has 0 spiro atoms. The van der Waals surface area contributed by atoms with Crippen molar-refractivity contribution in [3.8, 4) is 11.6 Å². The topological polar surface area (TPSA) is 97.5 Å². The molecule has 5 aromatic rings. The Kier molecular flexibility index (Phi) is 5.61. The normalized spacial score (nSPS) is 11.3. The molecule has 162 valence electrons. The third-order valence-corrected chi connectivity index (χ3v) is 5.21. The number of anilines is 1. The van der Waals surface area contributed by atoms with Crippen molar-refractivity contribution in [2.45, 2.75) is 32.4 Å². The number of halogens is 1. The van der Waals surface area contributed by atoms with Gasteiger partial charge in [0.15, 0.2) is 0 Å². The van der Waals surface area contributed by atoms with Gasteiger partial charge in [0, 0.05) is 29.3 Å². The predicted molar refractivity (Wildman–Crippen MR) is 118 cm³/mol. The number of hydrogen-bond donors (Lipinski definition) is 2. The summed E-state index contributed by atoms with van der Waals surface area (Å²) in [6.07, 6.45) is 10.0. The molecule has 4 aromatic heterocycles. The van der Waals surface area contributed by atoms with E-state index in [9.17, 15) is 4.39 Å². The van der Waals surface area contributed by atoms with E-state index in [-0.39, 0.29) is 5.82 Å². The number of benzene rings is 1. The standard InChI is InChI=1S/C23H22FN7O/c24-17-4-7-21-16(11-17)12-22(29-21)23-28-20(15-32-23)14-26-19-6-5-18(25-13-19)3-1-2-9-31-10-8-27-30-31/h4-8,10-13,15,26,29H,1-3,9,14H2. The second kappa shape index (κ2) is 9.01. The van der Waals surface area contributed by atoms with Gasteiger partial charge in [0.25, 0.3) is 0 Å². The van der Waals surface area contributed by atoms with Gasteiger partial charge in [-0.25, -0.2) is 9.37 Å². The highest BCUT2D eigenvalue weighted by Crippen LogP contribution is 2.24. The SMILES string of the molecule is Fc1ccc2[nH]c(-c3nc(CNc4ccc(CCCCn5ccnn5)nc4)co3)cc2c1. The van der Waals surface area contributed by atoms with Crippen LogP contribution in [0.2, 0.25) is 0 Å². The van der Waals surface area contributed by atoms with Crippen LogP contribution in [-0.2, 0) is 19.5 Å². The number of pyridine rings is 1. The van der Waals surface area contributed by atoms with Crippen LogP contribution < -0.4 is 5.32 Å². The largest absolute Gasteiger partial charge is 0.443 e. The quantitative estimate of drug-likeness (QED) is 0.332. The predicted octanol–water partition coefficient (Wildman–Crippen LogP) is 4.58. The summed E-state index contributed by atoms with van der Waals surface area (Å²) in [4.78, 5) is 12.2. The van der Waals surface area contributed by atoms with Crippen molar-refractivity contribution in [2.24, 2.45) is 0 Å². The molecule has 0 saturated heterocycles. The zero-order valence-electron chi connectivity index (χ0n) is 17.3. The molecule has 0 saturated carbocycles. The number of oxazole rings is 1. The van der Waals surface area contributed by atoms with Crippen LogP contribution in [0.5, 0.6) is 0 Å². The number of aromatic amines is 1. The Balaban J connectivity index is 1.12. The molecule has 9 heteroatoms. The Bertz CT molecular complexity index is 1290. The third-order valence-electron chi connectivity index (χ3n) is 5.21. The zero-order valence-corrected chi connectivity index (χ0v) is 17.3. The van der Waals surface area contributed by atoms with Crippen LogP contribution in [0.15, 0.2) is 65.7 Å². The van der Waals surface area contributed by atoms with E-state index in [0.717, 1.165) is 53.8 Å². The highest BCUT2D eigenvalue weighted by atomic mass is 19.1. The van der Waals surface area contributed by atoms with E-state index in [1.807, 2.05) is 35.3 Å². The minimum atomic E-state index is -0.272. The number of nitrogens with one attached hydrogen (secondary N) is 2. The Hall–Kier alpha value is -4.01. The maximum Gasteiger partial charge on any atom is 0.243 e. The Labute approximate surface area is 183 Å². The fourth-order valence-corrected chi connectivity index (χ4v) is 3.53. The molecule has 0 aliphatic rings. The molecule has 0 atom stereocenters. The summed E-state index contributed by atoms with van der Waals surface area (Å²) in [6.45, 7) is 1.38. The van der Waals surface area contributed by atoms with E-state index in [1.54, 1.807) is 18.5 Å². The number of rotatable bonds is 9. The van der Waals surface area contributed by atoms with E-state index in [0.29, 0.717) is 18.1 Å². The minimum Gasteiger partial charge on any atom is -0.443 e. The maximum atomic E-state index is 13.4. The molecular weight excluding hydrogens is 409 g/mol. The number of unbranched alkanes of at least 4 members (excludes halogenated alkanes) is 1. The van der Waals surface area contributed by atoms with Crippen LogP contribution in [-0.4, -0.2) is 29.9 Å². The number of fused-ring (bicyclic) bond motifs is 1. The van der Waals surface area contributed by atoms with Crippen molar-refractivity contribution in [3.63, 3.8) is 0 Å². The van der Waals surface area contributed by atoms with E-state index >= 15 is 0 Å². The van der Waals surface area contributed by atoms with E-state index in [4.69, 9.17) is 4.42 Å². The highest BCUT2D eigenvalue weighted by Gasteiger charge is 2.10. The smallest absolute Gasteiger partial charge is 0.243 e. The summed E-state index contributed by atoms with van der Waals surface area (Å²) in [5, 5.41) is 11.9. The average Bonchev–Trinajstić information content (AvgIpc) is 3.56. The molecule has 0 amide bonds. The molecule has 0 bridgehead atoms. The molecular formula is C23H22FN7O. The molecule has 0 fully saturated rings. The van der Waals surface area contributed by atoms with Gasteiger partial charge in [-0.15, -0.1) is 5.10 Å². The highest BCUT2D eigenvalue weighted by molar-refractivity contribution is 5.84. The van der Waals surface area contributed by atoms with Crippen LogP contribution in [0.25, 0.3) is 22.5 Å². The van der Waals surface area contributed by atoms with Gasteiger partial charge < -0.3 is 14.7 Å². The van der Waals surface area contributed by atoms with Crippen molar-refractivity contribution < 1.29 is 8.81 Å². The fraction of sp³-hybridized carbons (Fsp3) is 0.217. The van der Waals surface area contributed by atoms with Gasteiger partial charge in [-0.1, -0.05) is 5.21 Å². The van der Waals surface area contributed by atoms with E-state index in [1.165, 1.54) is 12.1 Å². The average molecular weight is 431 g/mol. The first-order valence-electron chi connectivity index (χ1n) is 10.5. The summed E-state index contributed by atoms with van der Waals surface area (Å²) >= 11 is 0. The molecule has 4 heterocycles. The Morgan fingerprint density at radius 1 is 1.09 bits per heavy atom. The second-order valence-corrected chi connectivity index (χ2v) is 7.57. The summed E-state index contributed by atoms with van der Waals surface area (Å²) in [5.41, 5.74) is 4.30. The van der Waals surface area contributed by atoms with Crippen molar-refractivity contribution in [1.29, 1.82) is 0 Å². The van der Waals surface area contributed by atoms with Gasteiger partial charge in [-0.2, -0.15) is 0 Å². The lowest BCUT2D eigenvalue weighted by Crippen LogP contribution is -2.02. The Morgan fingerprint density at radius 3 is 2.91 bits per heavy atom. The molecule has 32 heavy (non-hydrogen) atoms. The third kappa shape index (κ3) is 4.66. The summed E-state index contributed by atoms with van der Waals surface area (Å²) < 4.78 is 20.8. The summed E-state index contributed by atoms with van der Waals surface area (Å²) in [7, 11) is 0. The first-order chi connectivity index (χ1) is 15.7.